The van der Waals surface area contributed by atoms with Crippen molar-refractivity contribution in [3.05, 3.63) is 64.1 Å². The summed E-state index contributed by atoms with van der Waals surface area (Å²) in [5.74, 6) is -0.892. The van der Waals surface area contributed by atoms with Crippen LogP contribution in [0.3, 0.4) is 0 Å². The molecular weight excluding hydrogens is 327 g/mol. The highest BCUT2D eigenvalue weighted by Gasteiger charge is 2.15. The van der Waals surface area contributed by atoms with Gasteiger partial charge in [0.05, 0.1) is 11.7 Å². The number of rotatable bonds is 4. The molecular formula is C14H12BrFN2O2. The summed E-state index contributed by atoms with van der Waals surface area (Å²) >= 11 is 3.17. The first-order valence-corrected chi connectivity index (χ1v) is 6.70. The van der Waals surface area contributed by atoms with Gasteiger partial charge in [0.1, 0.15) is 10.4 Å². The maximum absolute atomic E-state index is 13.5. The zero-order valence-corrected chi connectivity index (χ0v) is 12.0. The van der Waals surface area contributed by atoms with Gasteiger partial charge < -0.3 is 10.4 Å². The third-order valence-corrected chi connectivity index (χ3v) is 3.36. The average molecular weight is 339 g/mol. The summed E-state index contributed by atoms with van der Waals surface area (Å²) < 4.78 is 13.9. The van der Waals surface area contributed by atoms with Crippen LogP contribution in [0.4, 0.5) is 4.39 Å². The van der Waals surface area contributed by atoms with E-state index in [0.29, 0.717) is 10.2 Å². The Bertz CT molecular complexity index is 622. The average Bonchev–Trinajstić information content (AvgIpc) is 2.45. The Kier molecular flexibility index (Phi) is 4.81. The number of carbonyl (C=O) groups is 1. The molecule has 0 radical (unpaired) electrons. The molecule has 0 bridgehead atoms. The minimum absolute atomic E-state index is 0.0822. The molecule has 1 aromatic heterocycles. The Hall–Kier alpha value is -1.79. The Labute approximate surface area is 123 Å². The van der Waals surface area contributed by atoms with E-state index in [4.69, 9.17) is 0 Å². The molecule has 0 aliphatic carbocycles. The number of nitrogens with one attached hydrogen (secondary N) is 1. The number of halogens is 2. The number of carbonyl (C=O) groups excluding carboxylic acids is 1. The second kappa shape index (κ2) is 6.58. The molecule has 1 amide bonds. The maximum Gasteiger partial charge on any atom is 0.254 e. The number of aliphatic hydroxyl groups is 1. The second-order valence-corrected chi connectivity index (χ2v) is 4.84. The molecule has 1 atom stereocenters. The normalized spacial score (nSPS) is 11.9. The summed E-state index contributed by atoms with van der Waals surface area (Å²) in [6.07, 6.45) is 0.449. The lowest BCUT2D eigenvalue weighted by Crippen LogP contribution is -2.29. The molecule has 1 heterocycles. The molecule has 4 nitrogen and oxygen atoms in total. The quantitative estimate of drug-likeness (QED) is 0.841. The number of hydrogen-bond donors (Lipinski definition) is 2. The molecule has 0 saturated carbocycles. The van der Waals surface area contributed by atoms with Crippen LogP contribution in [0.15, 0.2) is 47.2 Å². The number of pyridine rings is 1. The minimum atomic E-state index is -1.10. The van der Waals surface area contributed by atoms with Crippen molar-refractivity contribution < 1.29 is 14.3 Å². The van der Waals surface area contributed by atoms with Crippen molar-refractivity contribution in [1.29, 1.82) is 0 Å². The van der Waals surface area contributed by atoms with Crippen molar-refractivity contribution in [3.63, 3.8) is 0 Å². The lowest BCUT2D eigenvalue weighted by atomic mass is 10.1. The van der Waals surface area contributed by atoms with E-state index in [0.717, 1.165) is 0 Å². The van der Waals surface area contributed by atoms with E-state index in [2.05, 4.69) is 26.2 Å². The molecule has 0 spiro atoms. The van der Waals surface area contributed by atoms with Crippen LogP contribution in [0.1, 0.15) is 22.0 Å². The Morgan fingerprint density at radius 2 is 2.10 bits per heavy atom. The van der Waals surface area contributed by atoms with Crippen LogP contribution in [0.5, 0.6) is 0 Å². The van der Waals surface area contributed by atoms with Crippen LogP contribution >= 0.6 is 15.9 Å². The van der Waals surface area contributed by atoms with Gasteiger partial charge in [0.2, 0.25) is 0 Å². The minimum Gasteiger partial charge on any atom is -0.386 e. The molecule has 0 saturated heterocycles. The highest BCUT2D eigenvalue weighted by molar-refractivity contribution is 9.10. The SMILES string of the molecule is O=C(NCC(O)c1ccccc1F)c1cccnc1Br. The van der Waals surface area contributed by atoms with Crippen LogP contribution in [0.2, 0.25) is 0 Å². The largest absolute Gasteiger partial charge is 0.386 e. The highest BCUT2D eigenvalue weighted by Crippen LogP contribution is 2.16. The topological polar surface area (TPSA) is 62.2 Å². The van der Waals surface area contributed by atoms with E-state index in [9.17, 15) is 14.3 Å². The van der Waals surface area contributed by atoms with E-state index in [-0.39, 0.29) is 18.0 Å². The molecule has 6 heteroatoms. The Morgan fingerprint density at radius 1 is 1.35 bits per heavy atom. The summed E-state index contributed by atoms with van der Waals surface area (Å²) in [4.78, 5) is 15.8. The van der Waals surface area contributed by atoms with E-state index in [1.165, 1.54) is 18.2 Å². The van der Waals surface area contributed by atoms with Crippen molar-refractivity contribution in [2.75, 3.05) is 6.54 Å². The van der Waals surface area contributed by atoms with Gasteiger partial charge in [-0.15, -0.1) is 0 Å². The molecule has 0 aliphatic rings. The van der Waals surface area contributed by atoms with Gasteiger partial charge in [0.25, 0.3) is 5.91 Å². The lowest BCUT2D eigenvalue weighted by molar-refractivity contribution is 0.0913. The molecule has 104 valence electrons. The second-order valence-electron chi connectivity index (χ2n) is 4.09. The van der Waals surface area contributed by atoms with Crippen molar-refractivity contribution >= 4 is 21.8 Å². The third-order valence-electron chi connectivity index (χ3n) is 2.72. The predicted octanol–water partition coefficient (Wildman–Crippen LogP) is 2.45. The monoisotopic (exact) mass is 338 g/mol. The van der Waals surface area contributed by atoms with Gasteiger partial charge in [0, 0.05) is 18.3 Å². The summed E-state index contributed by atoms with van der Waals surface area (Å²) in [5.41, 5.74) is 0.506. The first kappa shape index (κ1) is 14.6. The number of amides is 1. The molecule has 2 N–H and O–H groups in total. The summed E-state index contributed by atoms with van der Waals surface area (Å²) in [6.45, 7) is -0.0822. The molecule has 1 unspecified atom stereocenters. The zero-order chi connectivity index (χ0) is 14.5. The molecule has 0 aliphatic heterocycles. The van der Waals surface area contributed by atoms with Gasteiger partial charge in [-0.2, -0.15) is 0 Å². The molecule has 20 heavy (non-hydrogen) atoms. The standard InChI is InChI=1S/C14H12BrFN2O2/c15-13-10(5-3-7-17-13)14(20)18-8-12(19)9-4-1-2-6-11(9)16/h1-7,12,19H,8H2,(H,18,20). The Balaban J connectivity index is 2.01. The van der Waals surface area contributed by atoms with E-state index in [1.54, 1.807) is 24.4 Å². The maximum atomic E-state index is 13.5. The van der Waals surface area contributed by atoms with Crippen molar-refractivity contribution in [2.24, 2.45) is 0 Å². The van der Waals surface area contributed by atoms with Crippen molar-refractivity contribution in [2.45, 2.75) is 6.10 Å². The van der Waals surface area contributed by atoms with Gasteiger partial charge in [-0.3, -0.25) is 4.79 Å². The van der Waals surface area contributed by atoms with Crippen LogP contribution < -0.4 is 5.32 Å². The zero-order valence-electron chi connectivity index (χ0n) is 10.4. The van der Waals surface area contributed by atoms with Gasteiger partial charge in [-0.25, -0.2) is 9.37 Å². The number of aliphatic hydroxyl groups excluding tert-OH is 1. The number of benzene rings is 1. The summed E-state index contributed by atoms with van der Waals surface area (Å²) in [6, 6.07) is 9.14. The van der Waals surface area contributed by atoms with Crippen LogP contribution in [0.25, 0.3) is 0 Å². The smallest absolute Gasteiger partial charge is 0.254 e. The number of nitrogens with zero attached hydrogens (tertiary/aromatic N) is 1. The fourth-order valence-electron chi connectivity index (χ4n) is 1.70. The van der Waals surface area contributed by atoms with Gasteiger partial charge in [0.15, 0.2) is 0 Å². The molecule has 2 aromatic rings. The van der Waals surface area contributed by atoms with E-state index >= 15 is 0 Å². The summed E-state index contributed by atoms with van der Waals surface area (Å²) in [5, 5.41) is 12.4. The lowest BCUT2D eigenvalue weighted by Gasteiger charge is -2.13. The van der Waals surface area contributed by atoms with Crippen molar-refractivity contribution in [3.8, 4) is 0 Å². The van der Waals surface area contributed by atoms with Gasteiger partial charge in [-0.1, -0.05) is 18.2 Å². The fraction of sp³-hybridized carbons (Fsp3) is 0.143. The van der Waals surface area contributed by atoms with Crippen LogP contribution in [-0.2, 0) is 0 Å². The predicted molar refractivity (Wildman–Crippen MR) is 75.6 cm³/mol. The van der Waals surface area contributed by atoms with Crippen LogP contribution in [0, 0.1) is 5.82 Å². The first-order chi connectivity index (χ1) is 9.59. The number of hydrogen-bond acceptors (Lipinski definition) is 3. The fourth-order valence-corrected chi connectivity index (χ4v) is 2.13. The van der Waals surface area contributed by atoms with Gasteiger partial charge in [-0.05, 0) is 34.1 Å². The third kappa shape index (κ3) is 3.40. The molecule has 2 rings (SSSR count). The van der Waals surface area contributed by atoms with E-state index < -0.39 is 11.9 Å². The van der Waals surface area contributed by atoms with Gasteiger partial charge >= 0.3 is 0 Å². The van der Waals surface area contributed by atoms with E-state index in [1.807, 2.05) is 0 Å². The Morgan fingerprint density at radius 3 is 2.80 bits per heavy atom. The highest BCUT2D eigenvalue weighted by atomic mass is 79.9. The first-order valence-electron chi connectivity index (χ1n) is 5.91. The summed E-state index contributed by atoms with van der Waals surface area (Å²) in [7, 11) is 0. The molecule has 1 aromatic carbocycles. The number of aromatic nitrogens is 1. The van der Waals surface area contributed by atoms with Crippen LogP contribution in [-0.4, -0.2) is 22.5 Å². The molecule has 0 fully saturated rings. The van der Waals surface area contributed by atoms with Crippen molar-refractivity contribution in [1.82, 2.24) is 10.3 Å².